The van der Waals surface area contributed by atoms with Crippen molar-refractivity contribution in [1.82, 2.24) is 0 Å². The van der Waals surface area contributed by atoms with Crippen LogP contribution in [-0.4, -0.2) is 31.3 Å². The molecule has 1 amide bonds. The number of rotatable bonds is 7. The van der Waals surface area contributed by atoms with Gasteiger partial charge >= 0.3 is 5.97 Å². The van der Waals surface area contributed by atoms with Gasteiger partial charge in [-0.3, -0.25) is 4.79 Å². The standard InChI is InChI=1S/C17H16BrNO4S/c1-24-15-4-2-3-13(9-15)19-16(20)10-23-17(21)11-22-14-7-5-12(18)6-8-14/h2-9H,10-11H2,1H3,(H,19,20). The van der Waals surface area contributed by atoms with Crippen molar-refractivity contribution >= 4 is 45.3 Å². The number of hydrogen-bond donors (Lipinski definition) is 1. The number of nitrogens with one attached hydrogen (secondary N) is 1. The molecule has 5 nitrogen and oxygen atoms in total. The summed E-state index contributed by atoms with van der Waals surface area (Å²) in [5.41, 5.74) is 0.661. The number of thioether (sulfide) groups is 1. The van der Waals surface area contributed by atoms with Crippen molar-refractivity contribution in [3.63, 3.8) is 0 Å². The van der Waals surface area contributed by atoms with Crippen molar-refractivity contribution in [2.45, 2.75) is 4.90 Å². The molecular formula is C17H16BrNO4S. The Morgan fingerprint density at radius 3 is 2.58 bits per heavy atom. The highest BCUT2D eigenvalue weighted by atomic mass is 79.9. The van der Waals surface area contributed by atoms with E-state index in [-0.39, 0.29) is 13.2 Å². The van der Waals surface area contributed by atoms with Crippen molar-refractivity contribution in [3.05, 3.63) is 53.0 Å². The van der Waals surface area contributed by atoms with Gasteiger partial charge in [0.1, 0.15) is 5.75 Å². The monoisotopic (exact) mass is 409 g/mol. The Morgan fingerprint density at radius 2 is 1.88 bits per heavy atom. The second kappa shape index (κ2) is 9.34. The predicted octanol–water partition coefficient (Wildman–Crippen LogP) is 3.73. The predicted molar refractivity (Wildman–Crippen MR) is 97.4 cm³/mol. The van der Waals surface area contributed by atoms with E-state index in [1.54, 1.807) is 42.1 Å². The summed E-state index contributed by atoms with van der Waals surface area (Å²) in [4.78, 5) is 24.4. The first kappa shape index (κ1) is 18.4. The summed E-state index contributed by atoms with van der Waals surface area (Å²) < 4.78 is 11.1. The average Bonchev–Trinajstić information content (AvgIpc) is 2.59. The van der Waals surface area contributed by atoms with Crippen LogP contribution in [0.25, 0.3) is 0 Å². The molecule has 0 aromatic heterocycles. The van der Waals surface area contributed by atoms with Gasteiger partial charge in [-0.2, -0.15) is 0 Å². The molecule has 0 aliphatic heterocycles. The number of hydrogen-bond acceptors (Lipinski definition) is 5. The van der Waals surface area contributed by atoms with E-state index < -0.39 is 11.9 Å². The maximum absolute atomic E-state index is 11.8. The zero-order valence-electron chi connectivity index (χ0n) is 13.0. The minimum atomic E-state index is -0.606. The summed E-state index contributed by atoms with van der Waals surface area (Å²) in [6.45, 7) is -0.608. The van der Waals surface area contributed by atoms with E-state index >= 15 is 0 Å². The third kappa shape index (κ3) is 6.25. The molecule has 2 rings (SSSR count). The SMILES string of the molecule is CSc1cccc(NC(=O)COC(=O)COc2ccc(Br)cc2)c1. The van der Waals surface area contributed by atoms with E-state index in [2.05, 4.69) is 21.2 Å². The molecule has 0 atom stereocenters. The number of anilines is 1. The maximum atomic E-state index is 11.8. The zero-order valence-corrected chi connectivity index (χ0v) is 15.4. The Kier molecular flexibility index (Phi) is 7.14. The first-order valence-electron chi connectivity index (χ1n) is 7.05. The third-order valence-corrected chi connectivity index (χ3v) is 4.14. The summed E-state index contributed by atoms with van der Waals surface area (Å²) in [7, 11) is 0. The van der Waals surface area contributed by atoms with Gasteiger partial charge < -0.3 is 14.8 Å². The van der Waals surface area contributed by atoms with Crippen LogP contribution in [0.3, 0.4) is 0 Å². The van der Waals surface area contributed by atoms with Crippen LogP contribution >= 0.6 is 27.7 Å². The third-order valence-electron chi connectivity index (χ3n) is 2.89. The van der Waals surface area contributed by atoms with Crippen LogP contribution in [-0.2, 0) is 14.3 Å². The van der Waals surface area contributed by atoms with Crippen molar-refractivity contribution in [2.75, 3.05) is 24.8 Å². The highest BCUT2D eigenvalue weighted by molar-refractivity contribution is 9.10. The molecule has 0 fully saturated rings. The van der Waals surface area contributed by atoms with E-state index in [1.165, 1.54) is 0 Å². The van der Waals surface area contributed by atoms with Crippen molar-refractivity contribution in [3.8, 4) is 5.75 Å². The van der Waals surface area contributed by atoms with Gasteiger partial charge in [-0.15, -0.1) is 11.8 Å². The van der Waals surface area contributed by atoms with E-state index in [4.69, 9.17) is 9.47 Å². The number of amides is 1. The number of benzene rings is 2. The molecule has 0 radical (unpaired) electrons. The molecule has 0 saturated carbocycles. The lowest BCUT2D eigenvalue weighted by Gasteiger charge is -2.08. The van der Waals surface area contributed by atoms with Crippen LogP contribution in [0.4, 0.5) is 5.69 Å². The van der Waals surface area contributed by atoms with Crippen LogP contribution in [0.1, 0.15) is 0 Å². The number of carbonyl (C=O) groups is 2. The van der Waals surface area contributed by atoms with Gasteiger partial charge in [0.2, 0.25) is 0 Å². The lowest BCUT2D eigenvalue weighted by atomic mass is 10.3. The lowest BCUT2D eigenvalue weighted by molar-refractivity contribution is -0.149. The molecule has 1 N–H and O–H groups in total. The average molecular weight is 410 g/mol. The van der Waals surface area contributed by atoms with E-state index in [0.717, 1.165) is 9.37 Å². The van der Waals surface area contributed by atoms with Crippen LogP contribution in [0.5, 0.6) is 5.75 Å². The second-order valence-electron chi connectivity index (χ2n) is 4.68. The Morgan fingerprint density at radius 1 is 1.12 bits per heavy atom. The fraction of sp³-hybridized carbons (Fsp3) is 0.176. The van der Waals surface area contributed by atoms with Gasteiger partial charge in [-0.05, 0) is 48.7 Å². The van der Waals surface area contributed by atoms with Gasteiger partial charge in [0.05, 0.1) is 0 Å². The summed E-state index contributed by atoms with van der Waals surface area (Å²) >= 11 is 4.89. The van der Waals surface area contributed by atoms with Crippen molar-refractivity contribution in [2.24, 2.45) is 0 Å². The highest BCUT2D eigenvalue weighted by Crippen LogP contribution is 2.19. The van der Waals surface area contributed by atoms with Crippen molar-refractivity contribution in [1.29, 1.82) is 0 Å². The van der Waals surface area contributed by atoms with Crippen LogP contribution in [0.2, 0.25) is 0 Å². The number of ether oxygens (including phenoxy) is 2. The van der Waals surface area contributed by atoms with Crippen LogP contribution in [0.15, 0.2) is 57.9 Å². The van der Waals surface area contributed by atoms with Gasteiger partial charge in [0, 0.05) is 15.1 Å². The van der Waals surface area contributed by atoms with Gasteiger partial charge in [0.25, 0.3) is 5.91 Å². The van der Waals surface area contributed by atoms with E-state index in [1.807, 2.05) is 24.5 Å². The Balaban J connectivity index is 1.72. The van der Waals surface area contributed by atoms with E-state index in [0.29, 0.717) is 11.4 Å². The van der Waals surface area contributed by atoms with Gasteiger partial charge in [-0.1, -0.05) is 22.0 Å². The fourth-order valence-electron chi connectivity index (χ4n) is 1.76. The smallest absolute Gasteiger partial charge is 0.344 e. The van der Waals surface area contributed by atoms with Gasteiger partial charge in [0.15, 0.2) is 13.2 Å². The molecule has 126 valence electrons. The Labute approximate surface area is 152 Å². The summed E-state index contributed by atoms with van der Waals surface area (Å²) in [5, 5.41) is 2.68. The lowest BCUT2D eigenvalue weighted by Crippen LogP contribution is -2.23. The quantitative estimate of drug-likeness (QED) is 0.557. The normalized spacial score (nSPS) is 10.1. The van der Waals surface area contributed by atoms with Crippen molar-refractivity contribution < 1.29 is 19.1 Å². The summed E-state index contributed by atoms with van der Waals surface area (Å²) in [5.74, 6) is -0.454. The Hall–Kier alpha value is -1.99. The Bertz CT molecular complexity index is 706. The molecule has 0 saturated heterocycles. The van der Waals surface area contributed by atoms with Crippen LogP contribution < -0.4 is 10.1 Å². The highest BCUT2D eigenvalue weighted by Gasteiger charge is 2.09. The maximum Gasteiger partial charge on any atom is 0.344 e. The number of esters is 1. The zero-order chi connectivity index (χ0) is 17.4. The molecule has 2 aromatic carbocycles. The molecule has 0 unspecified atom stereocenters. The summed E-state index contributed by atoms with van der Waals surface area (Å²) in [6.07, 6.45) is 1.95. The fourth-order valence-corrected chi connectivity index (χ4v) is 2.48. The molecular weight excluding hydrogens is 394 g/mol. The molecule has 7 heteroatoms. The van der Waals surface area contributed by atoms with E-state index in [9.17, 15) is 9.59 Å². The topological polar surface area (TPSA) is 64.6 Å². The second-order valence-corrected chi connectivity index (χ2v) is 6.48. The number of halogens is 1. The first-order valence-corrected chi connectivity index (χ1v) is 9.06. The van der Waals surface area contributed by atoms with Crippen LogP contribution in [0, 0.1) is 0 Å². The first-order chi connectivity index (χ1) is 11.6. The molecule has 0 aliphatic carbocycles. The number of carbonyl (C=O) groups excluding carboxylic acids is 2. The largest absolute Gasteiger partial charge is 0.482 e. The molecule has 24 heavy (non-hydrogen) atoms. The minimum Gasteiger partial charge on any atom is -0.482 e. The molecule has 0 heterocycles. The molecule has 0 spiro atoms. The minimum absolute atomic E-state index is 0.253. The van der Waals surface area contributed by atoms with Gasteiger partial charge in [-0.25, -0.2) is 4.79 Å². The summed E-state index contributed by atoms with van der Waals surface area (Å²) in [6, 6.07) is 14.5. The molecule has 0 aliphatic rings. The molecule has 2 aromatic rings. The molecule has 0 bridgehead atoms.